The summed E-state index contributed by atoms with van der Waals surface area (Å²) >= 11 is 3.08. The molecule has 0 radical (unpaired) electrons. The van der Waals surface area contributed by atoms with Crippen LogP contribution in [0.5, 0.6) is 0 Å². The molecular formula is C21H19FN4O2S2. The molecule has 0 saturated heterocycles. The largest absolute Gasteiger partial charge is 0.339 e. The molecule has 9 heteroatoms. The summed E-state index contributed by atoms with van der Waals surface area (Å²) in [7, 11) is 0. The summed E-state index contributed by atoms with van der Waals surface area (Å²) in [6, 6.07) is 9.79. The van der Waals surface area contributed by atoms with Crippen molar-refractivity contribution < 1.29 is 13.7 Å². The van der Waals surface area contributed by atoms with Gasteiger partial charge >= 0.3 is 0 Å². The summed E-state index contributed by atoms with van der Waals surface area (Å²) in [4.78, 5) is 24.4. The Hall–Kier alpha value is -2.91. The number of thiazole rings is 1. The number of aryl methyl sites for hydroxylation is 2. The van der Waals surface area contributed by atoms with Gasteiger partial charge in [-0.25, -0.2) is 9.37 Å². The van der Waals surface area contributed by atoms with Crippen molar-refractivity contribution in [3.8, 4) is 10.7 Å². The van der Waals surface area contributed by atoms with Gasteiger partial charge in [-0.15, -0.1) is 22.7 Å². The summed E-state index contributed by atoms with van der Waals surface area (Å²) in [6.45, 7) is 2.27. The Morgan fingerprint density at radius 3 is 2.70 bits per heavy atom. The molecule has 0 N–H and O–H groups in total. The maximum Gasteiger partial charge on any atom is 0.227 e. The van der Waals surface area contributed by atoms with Gasteiger partial charge < -0.3 is 9.42 Å². The van der Waals surface area contributed by atoms with E-state index in [4.69, 9.17) is 4.52 Å². The average molecular weight is 443 g/mol. The molecule has 0 saturated carbocycles. The molecule has 1 aromatic carbocycles. The molecule has 1 amide bonds. The predicted octanol–water partition coefficient (Wildman–Crippen LogP) is 5.26. The number of carbonyl (C=O) groups excluding carboxylic acids is 1. The zero-order chi connectivity index (χ0) is 20.9. The zero-order valence-electron chi connectivity index (χ0n) is 16.2. The van der Waals surface area contributed by atoms with Gasteiger partial charge in [0.1, 0.15) is 5.82 Å². The Morgan fingerprint density at radius 1 is 1.17 bits per heavy atom. The minimum Gasteiger partial charge on any atom is -0.339 e. The lowest BCUT2D eigenvalue weighted by Crippen LogP contribution is -2.30. The zero-order valence-corrected chi connectivity index (χ0v) is 17.9. The van der Waals surface area contributed by atoms with Crippen LogP contribution in [0.1, 0.15) is 29.4 Å². The molecule has 4 rings (SSSR count). The van der Waals surface area contributed by atoms with E-state index < -0.39 is 0 Å². The molecule has 0 fully saturated rings. The van der Waals surface area contributed by atoms with Gasteiger partial charge in [-0.3, -0.25) is 4.79 Å². The smallest absolute Gasteiger partial charge is 0.227 e. The number of hydrogen-bond donors (Lipinski definition) is 0. The van der Waals surface area contributed by atoms with Crippen molar-refractivity contribution in [1.29, 1.82) is 0 Å². The number of thiophene rings is 1. The lowest BCUT2D eigenvalue weighted by molar-refractivity contribution is -0.118. The molecule has 154 valence electrons. The van der Waals surface area contributed by atoms with Gasteiger partial charge in [-0.1, -0.05) is 11.2 Å². The van der Waals surface area contributed by atoms with E-state index in [0.717, 1.165) is 15.6 Å². The number of hydrogen-bond acceptors (Lipinski definition) is 7. The van der Waals surface area contributed by atoms with Crippen LogP contribution in [0, 0.1) is 12.7 Å². The quantitative estimate of drug-likeness (QED) is 0.372. The number of rotatable bonds is 8. The highest BCUT2D eigenvalue weighted by Gasteiger charge is 2.18. The SMILES string of the molecule is Cc1nc(CN(C(=O)CCCc2nc(-c3cccs3)no2)c2ccc(F)cc2)cs1. The number of halogens is 1. The molecule has 6 nitrogen and oxygen atoms in total. The van der Waals surface area contributed by atoms with Gasteiger partial charge in [0, 0.05) is 23.9 Å². The fourth-order valence-corrected chi connectivity index (χ4v) is 4.23. The standard InChI is InChI=1S/C21H19FN4O2S2/c1-14-23-16(13-30-14)12-26(17-9-7-15(22)8-10-17)20(27)6-2-5-19-24-21(25-28-19)18-4-3-11-29-18/h3-4,7-11,13H,2,5-6,12H2,1H3. The summed E-state index contributed by atoms with van der Waals surface area (Å²) in [5.74, 6) is 0.673. The first kappa shape index (κ1) is 20.4. The van der Waals surface area contributed by atoms with E-state index in [1.54, 1.807) is 28.4 Å². The van der Waals surface area contributed by atoms with E-state index in [1.165, 1.54) is 23.5 Å². The number of amides is 1. The molecule has 0 aliphatic rings. The minimum absolute atomic E-state index is 0.0646. The van der Waals surface area contributed by atoms with Crippen molar-refractivity contribution in [3.05, 3.63) is 69.6 Å². The molecular weight excluding hydrogens is 423 g/mol. The highest BCUT2D eigenvalue weighted by atomic mass is 32.1. The number of nitrogens with zero attached hydrogens (tertiary/aromatic N) is 4. The monoisotopic (exact) mass is 442 g/mol. The third kappa shape index (κ3) is 4.98. The molecule has 3 heterocycles. The normalized spacial score (nSPS) is 11.0. The van der Waals surface area contributed by atoms with Crippen LogP contribution in [-0.4, -0.2) is 21.0 Å². The lowest BCUT2D eigenvalue weighted by atomic mass is 10.2. The summed E-state index contributed by atoms with van der Waals surface area (Å²) in [5, 5.41) is 8.82. The lowest BCUT2D eigenvalue weighted by Gasteiger charge is -2.22. The fraction of sp³-hybridized carbons (Fsp3) is 0.238. The highest BCUT2D eigenvalue weighted by Crippen LogP contribution is 2.23. The van der Waals surface area contributed by atoms with Crippen molar-refractivity contribution in [1.82, 2.24) is 15.1 Å². The third-order valence-electron chi connectivity index (χ3n) is 4.42. The van der Waals surface area contributed by atoms with E-state index >= 15 is 0 Å². The van der Waals surface area contributed by atoms with Gasteiger partial charge in [0.15, 0.2) is 0 Å². The third-order valence-corrected chi connectivity index (χ3v) is 6.11. The van der Waals surface area contributed by atoms with Crippen LogP contribution in [0.15, 0.2) is 51.7 Å². The Balaban J connectivity index is 1.40. The second kappa shape index (κ2) is 9.27. The number of benzene rings is 1. The van der Waals surface area contributed by atoms with Crippen molar-refractivity contribution >= 4 is 34.3 Å². The Kier molecular flexibility index (Phi) is 6.29. The molecule has 0 spiro atoms. The first-order valence-corrected chi connectivity index (χ1v) is 11.2. The van der Waals surface area contributed by atoms with Gasteiger partial charge in [0.05, 0.1) is 22.1 Å². The van der Waals surface area contributed by atoms with Gasteiger partial charge in [-0.2, -0.15) is 4.98 Å². The van der Waals surface area contributed by atoms with Crippen LogP contribution >= 0.6 is 22.7 Å². The van der Waals surface area contributed by atoms with E-state index in [-0.39, 0.29) is 11.7 Å². The molecule has 0 aliphatic carbocycles. The van der Waals surface area contributed by atoms with E-state index in [9.17, 15) is 9.18 Å². The molecule has 3 aromatic heterocycles. The van der Waals surface area contributed by atoms with Crippen molar-refractivity contribution in [2.24, 2.45) is 0 Å². The van der Waals surface area contributed by atoms with Crippen molar-refractivity contribution in [2.45, 2.75) is 32.7 Å². The molecule has 0 bridgehead atoms. The van der Waals surface area contributed by atoms with E-state index in [1.807, 2.05) is 29.8 Å². The van der Waals surface area contributed by atoms with Crippen molar-refractivity contribution in [2.75, 3.05) is 4.90 Å². The Labute approximate surface area is 181 Å². The van der Waals surface area contributed by atoms with Crippen molar-refractivity contribution in [3.63, 3.8) is 0 Å². The van der Waals surface area contributed by atoms with Crippen LogP contribution in [0.3, 0.4) is 0 Å². The summed E-state index contributed by atoms with van der Waals surface area (Å²) in [6.07, 6.45) is 1.38. The van der Waals surface area contributed by atoms with Gasteiger partial charge in [0.25, 0.3) is 0 Å². The first-order valence-electron chi connectivity index (χ1n) is 9.42. The van der Waals surface area contributed by atoms with Crippen LogP contribution in [-0.2, 0) is 17.8 Å². The second-order valence-electron chi connectivity index (χ2n) is 6.66. The number of carbonyl (C=O) groups is 1. The Bertz CT molecular complexity index is 1110. The highest BCUT2D eigenvalue weighted by molar-refractivity contribution is 7.13. The maximum atomic E-state index is 13.3. The van der Waals surface area contributed by atoms with Gasteiger partial charge in [0.2, 0.25) is 17.6 Å². The fourth-order valence-electron chi connectivity index (χ4n) is 2.98. The van der Waals surface area contributed by atoms with Gasteiger partial charge in [-0.05, 0) is 49.1 Å². The summed E-state index contributed by atoms with van der Waals surface area (Å²) < 4.78 is 18.6. The minimum atomic E-state index is -0.339. The van der Waals surface area contributed by atoms with Crippen LogP contribution < -0.4 is 4.90 Å². The van der Waals surface area contributed by atoms with Crippen LogP contribution in [0.25, 0.3) is 10.7 Å². The molecule has 0 unspecified atom stereocenters. The maximum absolute atomic E-state index is 13.3. The topological polar surface area (TPSA) is 72.1 Å². The second-order valence-corrected chi connectivity index (χ2v) is 8.67. The molecule has 0 atom stereocenters. The Morgan fingerprint density at radius 2 is 2.00 bits per heavy atom. The molecule has 30 heavy (non-hydrogen) atoms. The predicted molar refractivity (Wildman–Crippen MR) is 115 cm³/mol. The van der Waals surface area contributed by atoms with E-state index in [0.29, 0.717) is 43.2 Å². The number of anilines is 1. The molecule has 4 aromatic rings. The first-order chi connectivity index (χ1) is 14.6. The number of aromatic nitrogens is 3. The average Bonchev–Trinajstić information content (AvgIpc) is 3.49. The molecule has 0 aliphatic heterocycles. The van der Waals surface area contributed by atoms with Crippen LogP contribution in [0.2, 0.25) is 0 Å². The van der Waals surface area contributed by atoms with Crippen LogP contribution in [0.4, 0.5) is 10.1 Å². The summed E-state index contributed by atoms with van der Waals surface area (Å²) in [5.41, 5.74) is 1.46. The van der Waals surface area contributed by atoms with E-state index in [2.05, 4.69) is 15.1 Å².